The van der Waals surface area contributed by atoms with E-state index in [0.29, 0.717) is 44.6 Å². The van der Waals surface area contributed by atoms with Crippen LogP contribution in [0.2, 0.25) is 0 Å². The summed E-state index contributed by atoms with van der Waals surface area (Å²) in [5.41, 5.74) is 8.95. The molecule has 0 saturated carbocycles. The third kappa shape index (κ3) is 3.43. The van der Waals surface area contributed by atoms with Crippen molar-refractivity contribution in [2.75, 3.05) is 19.4 Å². The molecule has 4 aromatic rings. The minimum absolute atomic E-state index is 0.139. The van der Waals surface area contributed by atoms with E-state index in [9.17, 15) is 18.0 Å². The van der Waals surface area contributed by atoms with Crippen LogP contribution in [0.4, 0.5) is 19.0 Å². The van der Waals surface area contributed by atoms with Gasteiger partial charge in [0, 0.05) is 24.4 Å². The van der Waals surface area contributed by atoms with Crippen LogP contribution in [0.5, 0.6) is 0 Å². The molecule has 2 atom stereocenters. The first-order chi connectivity index (χ1) is 16.1. The number of aryl methyl sites for hydroxylation is 1. The molecule has 5 rings (SSSR count). The molecule has 34 heavy (non-hydrogen) atoms. The van der Waals surface area contributed by atoms with Crippen molar-refractivity contribution in [3.05, 3.63) is 64.9 Å². The van der Waals surface area contributed by atoms with Gasteiger partial charge >= 0.3 is 6.18 Å². The smallest absolute Gasteiger partial charge is 0.382 e. The Kier molecular flexibility index (Phi) is 4.97. The number of halogens is 3. The predicted molar refractivity (Wildman–Crippen MR) is 118 cm³/mol. The maximum atomic E-state index is 13.6. The molecule has 1 aromatic carbocycles. The summed E-state index contributed by atoms with van der Waals surface area (Å²) in [5.74, 6) is 0.0230. The van der Waals surface area contributed by atoms with Crippen molar-refractivity contribution >= 4 is 28.3 Å². The number of carbonyl (C=O) groups excluding carboxylic acids is 1. The first-order valence-corrected chi connectivity index (χ1v) is 10.5. The highest BCUT2D eigenvalue weighted by Crippen LogP contribution is 2.38. The number of alkyl halides is 3. The number of carbonyl (C=O) groups is 1. The first-order valence-electron chi connectivity index (χ1n) is 10.5. The molecule has 2 N–H and O–H groups in total. The van der Waals surface area contributed by atoms with Gasteiger partial charge in [-0.25, -0.2) is 9.97 Å². The van der Waals surface area contributed by atoms with Crippen molar-refractivity contribution in [1.82, 2.24) is 24.3 Å². The molecule has 3 aromatic heterocycles. The number of benzene rings is 1. The third-order valence-electron chi connectivity index (χ3n) is 6.30. The highest BCUT2D eigenvalue weighted by atomic mass is 19.4. The molecular formula is C23H21F3N6O2. The lowest BCUT2D eigenvalue weighted by molar-refractivity contribution is -0.141. The Hall–Kier alpha value is -3.73. The Labute approximate surface area is 192 Å². The van der Waals surface area contributed by atoms with E-state index in [4.69, 9.17) is 10.5 Å². The molecule has 0 saturated heterocycles. The van der Waals surface area contributed by atoms with E-state index in [1.165, 1.54) is 11.1 Å². The lowest BCUT2D eigenvalue weighted by Gasteiger charge is -2.36. The molecule has 0 aliphatic carbocycles. The number of nitrogens with two attached hydrogens (primary N) is 1. The number of hydrogen-bond acceptors (Lipinski definition) is 6. The fraction of sp³-hybridized carbons (Fsp3) is 0.304. The SMILES string of the molecule is Cc1cc2nc(N)c3cncn3c2cc1C(=O)N(C)[C@@H]1CO[C@H](C)c2cc(C(F)(F)F)ncc21. The molecule has 11 heteroatoms. The molecule has 8 nitrogen and oxygen atoms in total. The van der Waals surface area contributed by atoms with E-state index in [0.717, 1.165) is 6.07 Å². The first kappa shape index (κ1) is 22.1. The number of imidazole rings is 1. The number of pyridine rings is 1. The second-order valence-corrected chi connectivity index (χ2v) is 8.41. The Morgan fingerprint density at radius 2 is 1.97 bits per heavy atom. The zero-order chi connectivity index (χ0) is 24.4. The van der Waals surface area contributed by atoms with Crippen LogP contribution in [0.15, 0.2) is 36.9 Å². The number of amides is 1. The summed E-state index contributed by atoms with van der Waals surface area (Å²) in [6, 6.07) is 3.90. The van der Waals surface area contributed by atoms with Crippen LogP contribution in [-0.4, -0.2) is 43.8 Å². The normalized spacial score (nSPS) is 18.3. The molecule has 4 heterocycles. The highest BCUT2D eigenvalue weighted by molar-refractivity contribution is 5.99. The van der Waals surface area contributed by atoms with Gasteiger partial charge in [0.25, 0.3) is 5.91 Å². The Morgan fingerprint density at radius 3 is 2.71 bits per heavy atom. The number of likely N-dealkylation sites (N-methyl/N-ethyl adjacent to an activating group) is 1. The van der Waals surface area contributed by atoms with Gasteiger partial charge in [-0.15, -0.1) is 0 Å². The van der Waals surface area contributed by atoms with Crippen molar-refractivity contribution in [3.8, 4) is 0 Å². The Bertz CT molecular complexity index is 1450. The third-order valence-corrected chi connectivity index (χ3v) is 6.30. The second-order valence-electron chi connectivity index (χ2n) is 8.41. The monoisotopic (exact) mass is 470 g/mol. The summed E-state index contributed by atoms with van der Waals surface area (Å²) in [4.78, 5) is 27.2. The summed E-state index contributed by atoms with van der Waals surface area (Å²) < 4.78 is 47.1. The topological polar surface area (TPSA) is 98.6 Å². The van der Waals surface area contributed by atoms with Crippen LogP contribution in [0, 0.1) is 6.92 Å². The molecule has 0 fully saturated rings. The molecular weight excluding hydrogens is 449 g/mol. The Morgan fingerprint density at radius 1 is 1.21 bits per heavy atom. The predicted octanol–water partition coefficient (Wildman–Crippen LogP) is 4.09. The van der Waals surface area contributed by atoms with Gasteiger partial charge in [0.05, 0.1) is 42.3 Å². The molecule has 1 amide bonds. The molecule has 1 aliphatic heterocycles. The molecule has 0 spiro atoms. The molecule has 0 unspecified atom stereocenters. The largest absolute Gasteiger partial charge is 0.433 e. The number of nitrogens with zero attached hydrogens (tertiary/aromatic N) is 5. The summed E-state index contributed by atoms with van der Waals surface area (Å²) in [6.07, 6.45) is -0.733. The fourth-order valence-corrected chi connectivity index (χ4v) is 4.39. The number of nitrogen functional groups attached to an aromatic ring is 1. The standard InChI is InChI=1S/C23H21F3N6O2/c1-11-4-16-17(32-10-28-8-18(32)21(27)30-16)5-13(11)22(33)31(3)19-9-34-12(2)14-6-20(23(24,25)26)29-7-15(14)19/h4-8,10,12,19H,9H2,1-3H3,(H2,27,30)/t12-,19-/m1/s1. The van der Waals surface area contributed by atoms with Crippen LogP contribution < -0.4 is 5.73 Å². The van der Waals surface area contributed by atoms with E-state index in [1.54, 1.807) is 50.0 Å². The lowest BCUT2D eigenvalue weighted by Crippen LogP contribution is -2.37. The van der Waals surface area contributed by atoms with Gasteiger partial charge in [0.1, 0.15) is 17.0 Å². The number of ether oxygens (including phenoxy) is 1. The zero-order valence-electron chi connectivity index (χ0n) is 18.6. The van der Waals surface area contributed by atoms with Crippen molar-refractivity contribution in [1.29, 1.82) is 0 Å². The van der Waals surface area contributed by atoms with Gasteiger partial charge in [-0.3, -0.25) is 14.2 Å². The summed E-state index contributed by atoms with van der Waals surface area (Å²) in [7, 11) is 1.60. The summed E-state index contributed by atoms with van der Waals surface area (Å²) >= 11 is 0. The number of anilines is 1. The van der Waals surface area contributed by atoms with Crippen molar-refractivity contribution in [2.24, 2.45) is 0 Å². The maximum Gasteiger partial charge on any atom is 0.433 e. The quantitative estimate of drug-likeness (QED) is 0.474. The zero-order valence-corrected chi connectivity index (χ0v) is 18.6. The lowest BCUT2D eigenvalue weighted by atomic mass is 9.94. The van der Waals surface area contributed by atoms with Crippen LogP contribution in [-0.2, 0) is 10.9 Å². The van der Waals surface area contributed by atoms with Gasteiger partial charge in [-0.05, 0) is 43.2 Å². The molecule has 176 valence electrons. The van der Waals surface area contributed by atoms with Gasteiger partial charge in [-0.1, -0.05) is 0 Å². The van der Waals surface area contributed by atoms with E-state index in [-0.39, 0.29) is 12.5 Å². The van der Waals surface area contributed by atoms with Crippen LogP contribution in [0.3, 0.4) is 0 Å². The van der Waals surface area contributed by atoms with Gasteiger partial charge in [-0.2, -0.15) is 13.2 Å². The minimum Gasteiger partial charge on any atom is -0.382 e. The summed E-state index contributed by atoms with van der Waals surface area (Å²) in [5, 5.41) is 0. The summed E-state index contributed by atoms with van der Waals surface area (Å²) in [6.45, 7) is 3.61. The van der Waals surface area contributed by atoms with Gasteiger partial charge in [0.2, 0.25) is 0 Å². The van der Waals surface area contributed by atoms with E-state index in [2.05, 4.69) is 15.0 Å². The number of hydrogen-bond donors (Lipinski definition) is 1. The Balaban J connectivity index is 1.56. The van der Waals surface area contributed by atoms with Crippen LogP contribution >= 0.6 is 0 Å². The van der Waals surface area contributed by atoms with Crippen LogP contribution in [0.25, 0.3) is 16.6 Å². The molecule has 0 radical (unpaired) electrons. The molecule has 1 aliphatic rings. The van der Waals surface area contributed by atoms with Gasteiger partial charge < -0.3 is 15.4 Å². The van der Waals surface area contributed by atoms with Crippen molar-refractivity contribution in [2.45, 2.75) is 32.2 Å². The molecule has 0 bridgehead atoms. The van der Waals surface area contributed by atoms with Crippen molar-refractivity contribution < 1.29 is 22.7 Å². The average Bonchev–Trinajstić information content (AvgIpc) is 3.28. The fourth-order valence-electron chi connectivity index (χ4n) is 4.39. The number of rotatable bonds is 2. The second kappa shape index (κ2) is 7.66. The van der Waals surface area contributed by atoms with E-state index < -0.39 is 24.0 Å². The van der Waals surface area contributed by atoms with Gasteiger partial charge in [0.15, 0.2) is 0 Å². The van der Waals surface area contributed by atoms with Crippen molar-refractivity contribution in [3.63, 3.8) is 0 Å². The van der Waals surface area contributed by atoms with Crippen LogP contribution in [0.1, 0.15) is 51.8 Å². The highest BCUT2D eigenvalue weighted by Gasteiger charge is 2.37. The van der Waals surface area contributed by atoms with E-state index in [1.807, 2.05) is 0 Å². The number of fused-ring (bicyclic) bond motifs is 4. The minimum atomic E-state index is -4.57. The van der Waals surface area contributed by atoms with E-state index >= 15 is 0 Å². The number of aromatic nitrogens is 4. The maximum absolute atomic E-state index is 13.6. The average molecular weight is 470 g/mol.